The zero-order valence-electron chi connectivity index (χ0n) is 12.5. The summed E-state index contributed by atoms with van der Waals surface area (Å²) in [5.74, 6) is 0.113. The molecule has 0 N–H and O–H groups in total. The quantitative estimate of drug-likeness (QED) is 0.865. The number of aromatic nitrogens is 1. The van der Waals surface area contributed by atoms with Crippen molar-refractivity contribution in [2.45, 2.75) is 13.5 Å². The van der Waals surface area contributed by atoms with E-state index in [0.29, 0.717) is 0 Å². The number of nitrogens with zero attached hydrogens (tertiary/aromatic N) is 3. The van der Waals surface area contributed by atoms with Gasteiger partial charge in [-0.2, -0.15) is 0 Å². The van der Waals surface area contributed by atoms with Crippen LogP contribution in [0.4, 0.5) is 0 Å². The smallest absolute Gasteiger partial charge is 0.265 e. The third-order valence-electron chi connectivity index (χ3n) is 3.89. The molecular weight excluding hydrogens is 318 g/mol. The fraction of sp³-hybridized carbons (Fsp3) is 0.375. The van der Waals surface area contributed by atoms with Crippen LogP contribution < -0.4 is 0 Å². The van der Waals surface area contributed by atoms with Crippen LogP contribution in [0.25, 0.3) is 0 Å². The first kappa shape index (κ1) is 15.5. The first-order valence-electron chi connectivity index (χ1n) is 7.29. The summed E-state index contributed by atoms with van der Waals surface area (Å²) in [4.78, 5) is 21.7. The van der Waals surface area contributed by atoms with Crippen molar-refractivity contribution in [1.82, 2.24) is 14.8 Å². The number of carbonyl (C=O) groups is 1. The van der Waals surface area contributed by atoms with Crippen molar-refractivity contribution in [3.8, 4) is 0 Å². The van der Waals surface area contributed by atoms with Gasteiger partial charge < -0.3 is 4.90 Å². The number of hydrogen-bond acceptors (Lipinski definition) is 4. The number of benzene rings is 1. The van der Waals surface area contributed by atoms with Crippen LogP contribution in [-0.2, 0) is 6.54 Å². The topological polar surface area (TPSA) is 36.4 Å². The van der Waals surface area contributed by atoms with Crippen LogP contribution in [0.5, 0.6) is 0 Å². The summed E-state index contributed by atoms with van der Waals surface area (Å²) in [6.07, 6.45) is 0. The largest absolute Gasteiger partial charge is 0.335 e. The fourth-order valence-corrected chi connectivity index (χ4v) is 3.64. The summed E-state index contributed by atoms with van der Waals surface area (Å²) in [6, 6.07) is 7.95. The molecule has 0 aliphatic carbocycles. The first-order chi connectivity index (χ1) is 10.6. The standard InChI is InChI=1S/C16H18ClN3OS/c1-12-15(22-11-18-12)16(21)20-7-5-19(6-8-20)10-13-3-2-4-14(17)9-13/h2-4,9,11H,5-8,10H2,1H3. The maximum atomic E-state index is 12.5. The molecule has 1 aliphatic rings. The van der Waals surface area contributed by atoms with Gasteiger partial charge in [0.05, 0.1) is 11.2 Å². The highest BCUT2D eigenvalue weighted by atomic mass is 35.5. The van der Waals surface area contributed by atoms with E-state index >= 15 is 0 Å². The summed E-state index contributed by atoms with van der Waals surface area (Å²) < 4.78 is 0. The van der Waals surface area contributed by atoms with Crippen molar-refractivity contribution < 1.29 is 4.79 Å². The number of carbonyl (C=O) groups excluding carboxylic acids is 1. The lowest BCUT2D eigenvalue weighted by atomic mass is 10.2. The average Bonchev–Trinajstić information content (AvgIpc) is 2.93. The lowest BCUT2D eigenvalue weighted by Crippen LogP contribution is -2.48. The highest BCUT2D eigenvalue weighted by molar-refractivity contribution is 7.11. The van der Waals surface area contributed by atoms with Crippen molar-refractivity contribution in [3.63, 3.8) is 0 Å². The minimum absolute atomic E-state index is 0.113. The first-order valence-corrected chi connectivity index (χ1v) is 8.55. The number of piperazine rings is 1. The molecular formula is C16H18ClN3OS. The van der Waals surface area contributed by atoms with E-state index in [9.17, 15) is 4.79 Å². The van der Waals surface area contributed by atoms with Gasteiger partial charge in [-0.3, -0.25) is 9.69 Å². The molecule has 4 nitrogen and oxygen atoms in total. The third-order valence-corrected chi connectivity index (χ3v) is 5.05. The Morgan fingerprint density at radius 3 is 2.73 bits per heavy atom. The Morgan fingerprint density at radius 2 is 2.09 bits per heavy atom. The Labute approximate surface area is 139 Å². The Morgan fingerprint density at radius 1 is 1.32 bits per heavy atom. The van der Waals surface area contributed by atoms with Gasteiger partial charge in [0.1, 0.15) is 4.88 Å². The summed E-state index contributed by atoms with van der Waals surface area (Å²) in [7, 11) is 0. The second-order valence-electron chi connectivity index (χ2n) is 5.47. The van der Waals surface area contributed by atoms with Crippen LogP contribution in [0, 0.1) is 6.92 Å². The van der Waals surface area contributed by atoms with E-state index in [4.69, 9.17) is 11.6 Å². The van der Waals surface area contributed by atoms with Crippen LogP contribution >= 0.6 is 22.9 Å². The van der Waals surface area contributed by atoms with Gasteiger partial charge in [0.15, 0.2) is 0 Å². The summed E-state index contributed by atoms with van der Waals surface area (Å²) in [5, 5.41) is 0.770. The zero-order chi connectivity index (χ0) is 15.5. The predicted octanol–water partition coefficient (Wildman–Crippen LogP) is 3.06. The van der Waals surface area contributed by atoms with Crippen molar-refractivity contribution in [1.29, 1.82) is 0 Å². The van der Waals surface area contributed by atoms with E-state index in [1.165, 1.54) is 16.9 Å². The Bertz CT molecular complexity index is 665. The summed E-state index contributed by atoms with van der Waals surface area (Å²) in [6.45, 7) is 6.06. The SMILES string of the molecule is Cc1ncsc1C(=O)N1CCN(Cc2cccc(Cl)c2)CC1. The minimum atomic E-state index is 0.113. The van der Waals surface area contributed by atoms with Crippen LogP contribution in [0.15, 0.2) is 29.8 Å². The molecule has 1 aliphatic heterocycles. The van der Waals surface area contributed by atoms with Crippen molar-refractivity contribution in [2.75, 3.05) is 26.2 Å². The van der Waals surface area contributed by atoms with Crippen LogP contribution in [0.3, 0.4) is 0 Å². The molecule has 1 aromatic heterocycles. The molecule has 0 radical (unpaired) electrons. The lowest BCUT2D eigenvalue weighted by Gasteiger charge is -2.34. The molecule has 0 atom stereocenters. The van der Waals surface area contributed by atoms with Gasteiger partial charge >= 0.3 is 0 Å². The van der Waals surface area contributed by atoms with Crippen LogP contribution in [0.2, 0.25) is 5.02 Å². The van der Waals surface area contributed by atoms with Crippen molar-refractivity contribution >= 4 is 28.8 Å². The predicted molar refractivity (Wildman–Crippen MR) is 89.5 cm³/mol. The second kappa shape index (κ2) is 6.77. The monoisotopic (exact) mass is 335 g/mol. The molecule has 2 heterocycles. The van der Waals surface area contributed by atoms with E-state index in [-0.39, 0.29) is 5.91 Å². The van der Waals surface area contributed by atoms with Gasteiger partial charge in [-0.25, -0.2) is 4.98 Å². The van der Waals surface area contributed by atoms with Gasteiger partial charge in [0.2, 0.25) is 0 Å². The van der Waals surface area contributed by atoms with Gasteiger partial charge in [0.25, 0.3) is 5.91 Å². The molecule has 3 rings (SSSR count). The number of thiazole rings is 1. The lowest BCUT2D eigenvalue weighted by molar-refractivity contribution is 0.0632. The van der Waals surface area contributed by atoms with E-state index in [1.807, 2.05) is 30.0 Å². The zero-order valence-corrected chi connectivity index (χ0v) is 14.0. The molecule has 2 aromatic rings. The molecule has 6 heteroatoms. The van der Waals surface area contributed by atoms with E-state index in [2.05, 4.69) is 16.0 Å². The summed E-state index contributed by atoms with van der Waals surface area (Å²) >= 11 is 7.45. The maximum absolute atomic E-state index is 12.5. The number of aryl methyl sites for hydroxylation is 1. The van der Waals surface area contributed by atoms with E-state index in [1.54, 1.807) is 5.51 Å². The molecule has 1 saturated heterocycles. The van der Waals surface area contributed by atoms with Gasteiger partial charge in [0, 0.05) is 37.7 Å². The van der Waals surface area contributed by atoms with Crippen molar-refractivity contribution in [2.24, 2.45) is 0 Å². The molecule has 1 aromatic carbocycles. The Balaban J connectivity index is 1.56. The molecule has 0 bridgehead atoms. The highest BCUT2D eigenvalue weighted by Crippen LogP contribution is 2.18. The fourth-order valence-electron chi connectivity index (χ4n) is 2.65. The van der Waals surface area contributed by atoms with Gasteiger partial charge in [-0.1, -0.05) is 23.7 Å². The molecule has 0 saturated carbocycles. The normalized spacial score (nSPS) is 16.0. The molecule has 22 heavy (non-hydrogen) atoms. The molecule has 116 valence electrons. The second-order valence-corrected chi connectivity index (χ2v) is 6.76. The number of rotatable bonds is 3. The van der Waals surface area contributed by atoms with E-state index < -0.39 is 0 Å². The highest BCUT2D eigenvalue weighted by Gasteiger charge is 2.24. The Kier molecular flexibility index (Phi) is 4.76. The summed E-state index contributed by atoms with van der Waals surface area (Å²) in [5.41, 5.74) is 3.78. The third kappa shape index (κ3) is 3.48. The minimum Gasteiger partial charge on any atom is -0.335 e. The Hall–Kier alpha value is -1.43. The van der Waals surface area contributed by atoms with Crippen LogP contribution in [0.1, 0.15) is 20.9 Å². The van der Waals surface area contributed by atoms with E-state index in [0.717, 1.165) is 48.3 Å². The molecule has 0 unspecified atom stereocenters. The maximum Gasteiger partial charge on any atom is 0.265 e. The van der Waals surface area contributed by atoms with Gasteiger partial charge in [-0.05, 0) is 24.6 Å². The van der Waals surface area contributed by atoms with Crippen molar-refractivity contribution in [3.05, 3.63) is 50.9 Å². The number of hydrogen-bond donors (Lipinski definition) is 0. The molecule has 1 fully saturated rings. The number of amides is 1. The van der Waals surface area contributed by atoms with Crippen LogP contribution in [-0.4, -0.2) is 46.9 Å². The molecule has 0 spiro atoms. The van der Waals surface area contributed by atoms with Gasteiger partial charge in [-0.15, -0.1) is 11.3 Å². The average molecular weight is 336 g/mol. The number of halogens is 1. The molecule has 1 amide bonds.